The quantitative estimate of drug-likeness (QED) is 0.518. The number of fused-ring (bicyclic) bond motifs is 1. The molecule has 0 saturated carbocycles. The largest absolute Gasteiger partial charge is 0.493 e. The maximum Gasteiger partial charge on any atom is 0.346 e. The normalized spacial score (nSPS) is 15.2. The zero-order valence-corrected chi connectivity index (χ0v) is 18.1. The number of rotatable bonds is 7. The van der Waals surface area contributed by atoms with Gasteiger partial charge in [-0.1, -0.05) is 43.3 Å². The van der Waals surface area contributed by atoms with Crippen molar-refractivity contribution in [3.8, 4) is 22.6 Å². The molecule has 1 aliphatic rings. The first kappa shape index (κ1) is 20.9. The Morgan fingerprint density at radius 2 is 1.97 bits per heavy atom. The van der Waals surface area contributed by atoms with Gasteiger partial charge in [-0.2, -0.15) is 0 Å². The maximum absolute atomic E-state index is 12.6. The van der Waals surface area contributed by atoms with Gasteiger partial charge in [-0.15, -0.1) is 11.3 Å². The van der Waals surface area contributed by atoms with Crippen molar-refractivity contribution in [1.29, 1.82) is 0 Å². The molecule has 1 aromatic heterocycles. The summed E-state index contributed by atoms with van der Waals surface area (Å²) >= 11 is 1.22. The van der Waals surface area contributed by atoms with Crippen LogP contribution in [0.1, 0.15) is 45.8 Å². The Balaban J connectivity index is 1.83. The first-order valence-corrected chi connectivity index (χ1v) is 10.9. The highest BCUT2D eigenvalue weighted by atomic mass is 32.1. The van der Waals surface area contributed by atoms with Gasteiger partial charge in [0.2, 0.25) is 5.91 Å². The number of hydrogen-bond donors (Lipinski definition) is 2. The number of hydrogen-bond acceptors (Lipinski definition) is 5. The van der Waals surface area contributed by atoms with Gasteiger partial charge in [0.25, 0.3) is 0 Å². The molecule has 1 aliphatic heterocycles. The lowest BCUT2D eigenvalue weighted by molar-refractivity contribution is -0.116. The van der Waals surface area contributed by atoms with E-state index in [0.717, 1.165) is 22.4 Å². The van der Waals surface area contributed by atoms with Gasteiger partial charge in [-0.3, -0.25) is 4.79 Å². The molecule has 7 heteroatoms. The maximum atomic E-state index is 12.6. The summed E-state index contributed by atoms with van der Waals surface area (Å²) in [6.45, 7) is 2.61. The summed E-state index contributed by atoms with van der Waals surface area (Å²) in [5.74, 6) is -0.173. The molecular formula is C24H23NO5S. The Morgan fingerprint density at radius 1 is 1.19 bits per heavy atom. The van der Waals surface area contributed by atoms with E-state index in [1.165, 1.54) is 11.3 Å². The summed E-state index contributed by atoms with van der Waals surface area (Å²) in [7, 11) is 1.58. The van der Waals surface area contributed by atoms with Crippen molar-refractivity contribution in [2.24, 2.45) is 0 Å². The van der Waals surface area contributed by atoms with E-state index in [-0.39, 0.29) is 23.1 Å². The van der Waals surface area contributed by atoms with Crippen LogP contribution in [0, 0.1) is 0 Å². The third kappa shape index (κ3) is 4.01. The van der Waals surface area contributed by atoms with Gasteiger partial charge in [0.1, 0.15) is 4.88 Å². The second kappa shape index (κ2) is 8.81. The molecule has 160 valence electrons. The zero-order chi connectivity index (χ0) is 22.0. The molecule has 1 atom stereocenters. The molecule has 2 aromatic carbocycles. The molecule has 4 rings (SSSR count). The van der Waals surface area contributed by atoms with Gasteiger partial charge in [-0.25, -0.2) is 4.79 Å². The number of benzene rings is 2. The van der Waals surface area contributed by atoms with Crippen LogP contribution in [0.25, 0.3) is 11.1 Å². The first-order valence-electron chi connectivity index (χ1n) is 10.1. The van der Waals surface area contributed by atoms with E-state index in [4.69, 9.17) is 9.47 Å². The Labute approximate surface area is 184 Å². The fraction of sp³-hybridized carbons (Fsp3) is 0.250. The number of aromatic carboxylic acids is 1. The number of nitrogens with one attached hydrogen (secondary N) is 1. The first-order chi connectivity index (χ1) is 15.0. The van der Waals surface area contributed by atoms with Crippen LogP contribution in [-0.4, -0.2) is 30.7 Å². The van der Waals surface area contributed by atoms with Gasteiger partial charge in [-0.05, 0) is 29.7 Å². The van der Waals surface area contributed by atoms with Crippen LogP contribution in [-0.2, 0) is 4.79 Å². The topological polar surface area (TPSA) is 84.9 Å². The van der Waals surface area contributed by atoms with E-state index in [1.54, 1.807) is 7.11 Å². The summed E-state index contributed by atoms with van der Waals surface area (Å²) < 4.78 is 11.3. The van der Waals surface area contributed by atoms with Gasteiger partial charge in [0.05, 0.1) is 19.4 Å². The lowest BCUT2D eigenvalue weighted by atomic mass is 9.88. The Kier molecular flexibility index (Phi) is 5.95. The minimum atomic E-state index is -1.01. The van der Waals surface area contributed by atoms with E-state index in [0.29, 0.717) is 29.4 Å². The predicted octanol–water partition coefficient (Wildman–Crippen LogP) is 5.38. The van der Waals surface area contributed by atoms with Crippen molar-refractivity contribution in [1.82, 2.24) is 0 Å². The fourth-order valence-electron chi connectivity index (χ4n) is 3.82. The number of carboxylic acids is 1. The number of ether oxygens (including phenoxy) is 2. The van der Waals surface area contributed by atoms with Crippen LogP contribution in [0.2, 0.25) is 0 Å². The average molecular weight is 438 g/mol. The van der Waals surface area contributed by atoms with Crippen LogP contribution < -0.4 is 14.8 Å². The second-order valence-electron chi connectivity index (χ2n) is 7.28. The summed E-state index contributed by atoms with van der Waals surface area (Å²) in [5, 5.41) is 12.8. The Hall–Kier alpha value is -3.32. The molecule has 6 nitrogen and oxygen atoms in total. The molecule has 0 saturated heterocycles. The zero-order valence-electron chi connectivity index (χ0n) is 17.3. The molecule has 0 spiro atoms. The van der Waals surface area contributed by atoms with E-state index in [2.05, 4.69) is 5.32 Å². The molecule has 0 fully saturated rings. The standard InChI is InChI=1S/C24H23NO5S/c1-3-11-30-17-10-9-15(12-18(17)29-2)16-13-19(26)25-21-20(14-7-5-4-6-8-14)23(24(27)28)31-22(16)21/h4-10,12,16H,3,11,13H2,1-2H3,(H,25,26)(H,27,28). The number of thiophene rings is 1. The SMILES string of the molecule is CCCOc1ccc(C2CC(=O)Nc3c2sc(C(=O)O)c3-c2ccccc2)cc1OC. The molecule has 1 amide bonds. The van der Waals surface area contributed by atoms with Crippen molar-refractivity contribution in [2.45, 2.75) is 25.7 Å². The summed E-state index contributed by atoms with van der Waals surface area (Å²) in [5.41, 5.74) is 2.79. The van der Waals surface area contributed by atoms with Crippen molar-refractivity contribution in [2.75, 3.05) is 19.0 Å². The average Bonchev–Trinajstić information content (AvgIpc) is 3.17. The van der Waals surface area contributed by atoms with Gasteiger partial charge in [0, 0.05) is 22.8 Å². The van der Waals surface area contributed by atoms with Crippen molar-refractivity contribution in [3.05, 3.63) is 63.8 Å². The van der Waals surface area contributed by atoms with Crippen LogP contribution >= 0.6 is 11.3 Å². The van der Waals surface area contributed by atoms with E-state index in [1.807, 2.05) is 55.5 Å². The lowest BCUT2D eigenvalue weighted by Crippen LogP contribution is -2.22. The molecule has 1 unspecified atom stereocenters. The van der Waals surface area contributed by atoms with E-state index in [9.17, 15) is 14.7 Å². The smallest absolute Gasteiger partial charge is 0.346 e. The van der Waals surface area contributed by atoms with Crippen LogP contribution in [0.3, 0.4) is 0 Å². The molecule has 2 heterocycles. The molecule has 0 radical (unpaired) electrons. The molecule has 0 aliphatic carbocycles. The minimum Gasteiger partial charge on any atom is -0.493 e. The second-order valence-corrected chi connectivity index (χ2v) is 8.33. The van der Waals surface area contributed by atoms with Crippen LogP contribution in [0.15, 0.2) is 48.5 Å². The number of carbonyl (C=O) groups is 2. The number of carbonyl (C=O) groups excluding carboxylic acids is 1. The van der Waals surface area contributed by atoms with E-state index >= 15 is 0 Å². The third-order valence-corrected chi connectivity index (χ3v) is 6.51. The summed E-state index contributed by atoms with van der Waals surface area (Å²) in [6, 6.07) is 14.9. The third-order valence-electron chi connectivity index (χ3n) is 5.21. The number of amides is 1. The highest BCUT2D eigenvalue weighted by molar-refractivity contribution is 7.15. The fourth-order valence-corrected chi connectivity index (χ4v) is 5.07. The lowest BCUT2D eigenvalue weighted by Gasteiger charge is -2.24. The van der Waals surface area contributed by atoms with E-state index < -0.39 is 5.97 Å². The molecule has 2 N–H and O–H groups in total. The van der Waals surface area contributed by atoms with Crippen LogP contribution in [0.4, 0.5) is 5.69 Å². The van der Waals surface area contributed by atoms with Crippen molar-refractivity contribution in [3.63, 3.8) is 0 Å². The van der Waals surface area contributed by atoms with Gasteiger partial charge < -0.3 is 19.9 Å². The number of carboxylic acid groups (broad SMARTS) is 1. The minimum absolute atomic E-state index is 0.144. The summed E-state index contributed by atoms with van der Waals surface area (Å²) in [4.78, 5) is 25.7. The van der Waals surface area contributed by atoms with Crippen molar-refractivity contribution >= 4 is 28.9 Å². The number of methoxy groups -OCH3 is 1. The predicted molar refractivity (Wildman–Crippen MR) is 121 cm³/mol. The van der Waals surface area contributed by atoms with Crippen LogP contribution in [0.5, 0.6) is 11.5 Å². The molecule has 31 heavy (non-hydrogen) atoms. The highest BCUT2D eigenvalue weighted by Crippen LogP contribution is 2.50. The van der Waals surface area contributed by atoms with Crippen molar-refractivity contribution < 1.29 is 24.2 Å². The molecule has 0 bridgehead atoms. The summed E-state index contributed by atoms with van der Waals surface area (Å²) in [6.07, 6.45) is 1.12. The van der Waals surface area contributed by atoms with Gasteiger partial charge >= 0.3 is 5.97 Å². The Morgan fingerprint density at radius 3 is 2.65 bits per heavy atom. The highest BCUT2D eigenvalue weighted by Gasteiger charge is 2.34. The Bertz CT molecular complexity index is 1120. The molecular weight excluding hydrogens is 414 g/mol. The molecule has 3 aromatic rings. The number of anilines is 1. The van der Waals surface area contributed by atoms with Gasteiger partial charge in [0.15, 0.2) is 11.5 Å². The monoisotopic (exact) mass is 437 g/mol.